The molecule has 0 aliphatic rings. The molecule has 6 heteroatoms. The van der Waals surface area contributed by atoms with Crippen LogP contribution in [0.15, 0.2) is 12.2 Å². The molecule has 0 radical (unpaired) electrons. The molecule has 0 aliphatic heterocycles. The molecule has 6 nitrogen and oxygen atoms in total. The number of esters is 3. The molecule has 0 saturated heterocycles. The highest BCUT2D eigenvalue weighted by Gasteiger charge is 2.19. The Morgan fingerprint density at radius 2 is 0.541 bits per heavy atom. The summed E-state index contributed by atoms with van der Waals surface area (Å²) in [6.45, 7) is 6.66. The van der Waals surface area contributed by atoms with Crippen LogP contribution in [-0.2, 0) is 28.6 Å². The Balaban J connectivity index is 4.21. The largest absolute Gasteiger partial charge is 0.462 e. The van der Waals surface area contributed by atoms with Gasteiger partial charge in [-0.2, -0.15) is 0 Å². The lowest BCUT2D eigenvalue weighted by molar-refractivity contribution is -0.167. The van der Waals surface area contributed by atoms with Gasteiger partial charge in [0.25, 0.3) is 0 Å². The number of unbranched alkanes of at least 4 members (excludes halogenated alkanes) is 37. The lowest BCUT2D eigenvalue weighted by atomic mass is 10.0. The second-order valence-corrected chi connectivity index (χ2v) is 18.5. The highest BCUT2D eigenvalue weighted by Crippen LogP contribution is 2.16. The summed E-state index contributed by atoms with van der Waals surface area (Å²) in [5.74, 6) is -0.852. The summed E-state index contributed by atoms with van der Waals surface area (Å²) in [4.78, 5) is 37.9. The predicted molar refractivity (Wildman–Crippen MR) is 261 cm³/mol. The molecule has 360 valence electrons. The van der Waals surface area contributed by atoms with Gasteiger partial charge in [-0.15, -0.1) is 0 Å². The predicted octanol–water partition coefficient (Wildman–Crippen LogP) is 17.8. The van der Waals surface area contributed by atoms with E-state index in [1.807, 2.05) is 0 Å². The van der Waals surface area contributed by atoms with Gasteiger partial charge in [0.1, 0.15) is 13.2 Å². The Kier molecular flexibility index (Phi) is 49.3. The van der Waals surface area contributed by atoms with Gasteiger partial charge >= 0.3 is 17.9 Å². The summed E-state index contributed by atoms with van der Waals surface area (Å²) in [6.07, 6.45) is 56.3. The van der Waals surface area contributed by atoms with Crippen molar-refractivity contribution in [1.82, 2.24) is 0 Å². The van der Waals surface area contributed by atoms with Crippen LogP contribution in [0.3, 0.4) is 0 Å². The molecule has 61 heavy (non-hydrogen) atoms. The number of hydrogen-bond donors (Lipinski definition) is 0. The van der Waals surface area contributed by atoms with Crippen molar-refractivity contribution in [3.05, 3.63) is 12.2 Å². The SMILES string of the molecule is CCCCCCCCCC/C=C\CCCCCCCCCCCC(=O)OCC(COC(=O)CCCCCCCCCCCC)OC(=O)CCCCCCCCCCCCCC. The maximum absolute atomic E-state index is 12.8. The average Bonchev–Trinajstić information content (AvgIpc) is 3.26. The molecular formula is C55H104O6. The zero-order chi connectivity index (χ0) is 44.4. The smallest absolute Gasteiger partial charge is 0.306 e. The van der Waals surface area contributed by atoms with E-state index in [0.717, 1.165) is 57.8 Å². The summed E-state index contributed by atoms with van der Waals surface area (Å²) >= 11 is 0. The molecule has 1 atom stereocenters. The van der Waals surface area contributed by atoms with E-state index >= 15 is 0 Å². The van der Waals surface area contributed by atoms with Gasteiger partial charge in [-0.3, -0.25) is 14.4 Å². The van der Waals surface area contributed by atoms with Gasteiger partial charge in [-0.05, 0) is 44.9 Å². The van der Waals surface area contributed by atoms with E-state index in [1.54, 1.807) is 0 Å². The fourth-order valence-electron chi connectivity index (χ4n) is 8.14. The summed E-state index contributed by atoms with van der Waals surface area (Å²) in [7, 11) is 0. The standard InChI is InChI=1S/C55H104O6/c1-4-7-10-13-16-19-22-24-25-26-27-28-29-30-31-32-34-36-39-42-45-48-54(57)60-51-52(50-59-53(56)47-44-41-38-35-21-18-15-12-9-6-3)61-55(58)49-46-43-40-37-33-23-20-17-14-11-8-5-2/h26-27,52H,4-25,28-51H2,1-3H3/b27-26-. The van der Waals surface area contributed by atoms with Crippen LogP contribution in [0.1, 0.15) is 303 Å². The topological polar surface area (TPSA) is 78.9 Å². The molecule has 0 spiro atoms. The fraction of sp³-hybridized carbons (Fsp3) is 0.909. The van der Waals surface area contributed by atoms with Crippen molar-refractivity contribution in [3.63, 3.8) is 0 Å². The first kappa shape index (κ1) is 59.1. The van der Waals surface area contributed by atoms with Crippen molar-refractivity contribution in [2.75, 3.05) is 13.2 Å². The molecule has 0 aromatic rings. The van der Waals surface area contributed by atoms with Crippen molar-refractivity contribution < 1.29 is 28.6 Å². The van der Waals surface area contributed by atoms with Gasteiger partial charge in [0.2, 0.25) is 0 Å². The van der Waals surface area contributed by atoms with Crippen molar-refractivity contribution >= 4 is 17.9 Å². The van der Waals surface area contributed by atoms with Gasteiger partial charge in [0.05, 0.1) is 0 Å². The number of hydrogen-bond acceptors (Lipinski definition) is 6. The Morgan fingerprint density at radius 3 is 0.820 bits per heavy atom. The van der Waals surface area contributed by atoms with Crippen LogP contribution in [0.25, 0.3) is 0 Å². The zero-order valence-corrected chi connectivity index (χ0v) is 41.2. The van der Waals surface area contributed by atoms with Crippen molar-refractivity contribution in [3.8, 4) is 0 Å². The third-order valence-electron chi connectivity index (χ3n) is 12.3. The molecule has 0 amide bonds. The van der Waals surface area contributed by atoms with Gasteiger partial charge in [-0.1, -0.05) is 251 Å². The van der Waals surface area contributed by atoms with E-state index in [4.69, 9.17) is 14.2 Å². The zero-order valence-electron chi connectivity index (χ0n) is 41.2. The van der Waals surface area contributed by atoms with Crippen LogP contribution in [0.5, 0.6) is 0 Å². The average molecular weight is 861 g/mol. The first-order valence-corrected chi connectivity index (χ1v) is 27.2. The van der Waals surface area contributed by atoms with Crippen LogP contribution >= 0.6 is 0 Å². The van der Waals surface area contributed by atoms with Crippen LogP contribution < -0.4 is 0 Å². The quantitative estimate of drug-likeness (QED) is 0.0262. The Labute approximate surface area is 380 Å². The number of carbonyl (C=O) groups is 3. The second-order valence-electron chi connectivity index (χ2n) is 18.5. The molecule has 0 aliphatic carbocycles. The molecule has 1 unspecified atom stereocenters. The van der Waals surface area contributed by atoms with E-state index < -0.39 is 6.10 Å². The van der Waals surface area contributed by atoms with E-state index in [9.17, 15) is 14.4 Å². The van der Waals surface area contributed by atoms with Gasteiger partial charge in [0, 0.05) is 19.3 Å². The minimum atomic E-state index is -0.763. The van der Waals surface area contributed by atoms with Gasteiger partial charge in [-0.25, -0.2) is 0 Å². The van der Waals surface area contributed by atoms with Crippen LogP contribution in [0.4, 0.5) is 0 Å². The molecule has 0 N–H and O–H groups in total. The molecule has 0 heterocycles. The fourth-order valence-corrected chi connectivity index (χ4v) is 8.14. The lowest BCUT2D eigenvalue weighted by Crippen LogP contribution is -2.30. The highest BCUT2D eigenvalue weighted by atomic mass is 16.6. The monoisotopic (exact) mass is 861 g/mol. The third-order valence-corrected chi connectivity index (χ3v) is 12.3. The number of ether oxygens (including phenoxy) is 3. The number of rotatable bonds is 50. The van der Waals surface area contributed by atoms with Crippen molar-refractivity contribution in [2.24, 2.45) is 0 Å². The lowest BCUT2D eigenvalue weighted by Gasteiger charge is -2.18. The van der Waals surface area contributed by atoms with Crippen LogP contribution in [-0.4, -0.2) is 37.2 Å². The van der Waals surface area contributed by atoms with E-state index in [1.165, 1.54) is 205 Å². The van der Waals surface area contributed by atoms with Gasteiger partial charge < -0.3 is 14.2 Å². The Morgan fingerprint density at radius 1 is 0.311 bits per heavy atom. The summed E-state index contributed by atoms with van der Waals surface area (Å²) in [5.41, 5.74) is 0. The molecular weight excluding hydrogens is 757 g/mol. The normalized spacial score (nSPS) is 12.0. The molecule has 0 rings (SSSR count). The second kappa shape index (κ2) is 50.8. The molecule has 0 fully saturated rings. The highest BCUT2D eigenvalue weighted by molar-refractivity contribution is 5.71. The summed E-state index contributed by atoms with van der Waals surface area (Å²) in [5, 5.41) is 0. The first-order chi connectivity index (χ1) is 30.0. The molecule has 0 aromatic heterocycles. The Bertz CT molecular complexity index is 947. The minimum Gasteiger partial charge on any atom is -0.462 e. The molecule has 0 aromatic carbocycles. The van der Waals surface area contributed by atoms with E-state index in [2.05, 4.69) is 32.9 Å². The van der Waals surface area contributed by atoms with Crippen molar-refractivity contribution in [1.29, 1.82) is 0 Å². The number of carbonyl (C=O) groups excluding carboxylic acids is 3. The van der Waals surface area contributed by atoms with Gasteiger partial charge in [0.15, 0.2) is 6.10 Å². The van der Waals surface area contributed by atoms with Crippen LogP contribution in [0, 0.1) is 0 Å². The Hall–Kier alpha value is -1.85. The number of allylic oxidation sites excluding steroid dienone is 2. The van der Waals surface area contributed by atoms with Crippen molar-refractivity contribution in [2.45, 2.75) is 309 Å². The van der Waals surface area contributed by atoms with E-state index in [0.29, 0.717) is 19.3 Å². The third kappa shape index (κ3) is 49.0. The van der Waals surface area contributed by atoms with E-state index in [-0.39, 0.29) is 31.1 Å². The minimum absolute atomic E-state index is 0.0654. The summed E-state index contributed by atoms with van der Waals surface area (Å²) in [6, 6.07) is 0. The molecule has 0 bridgehead atoms. The summed E-state index contributed by atoms with van der Waals surface area (Å²) < 4.78 is 16.8. The maximum Gasteiger partial charge on any atom is 0.306 e. The molecule has 0 saturated carbocycles. The van der Waals surface area contributed by atoms with Crippen LogP contribution in [0.2, 0.25) is 0 Å². The first-order valence-electron chi connectivity index (χ1n) is 27.2. The maximum atomic E-state index is 12.8.